The van der Waals surface area contributed by atoms with E-state index in [2.05, 4.69) is 49.0 Å². The second kappa shape index (κ2) is 19.5. The van der Waals surface area contributed by atoms with Crippen LogP contribution in [0, 0.1) is 29.1 Å². The number of hydrogen-bond acceptors (Lipinski definition) is 10. The van der Waals surface area contributed by atoms with E-state index in [-0.39, 0.29) is 23.8 Å². The average molecular weight is 819 g/mol. The van der Waals surface area contributed by atoms with E-state index in [0.29, 0.717) is 37.6 Å². The van der Waals surface area contributed by atoms with Crippen LogP contribution in [-0.2, 0) is 42.9 Å². The van der Waals surface area contributed by atoms with Crippen molar-refractivity contribution in [3.8, 4) is 0 Å². The van der Waals surface area contributed by atoms with Crippen LogP contribution in [0.25, 0.3) is 0 Å². The number of aliphatic carboxylic acids is 2. The van der Waals surface area contributed by atoms with Crippen molar-refractivity contribution in [2.45, 2.75) is 174 Å². The predicted molar refractivity (Wildman–Crippen MR) is 213 cm³/mol. The fourth-order valence-corrected chi connectivity index (χ4v) is 9.36. The van der Waals surface area contributed by atoms with E-state index in [1.165, 1.54) is 4.90 Å². The molecule has 0 radical (unpaired) electrons. The zero-order chi connectivity index (χ0) is 43.3. The number of rotatable bonds is 21. The van der Waals surface area contributed by atoms with E-state index < -0.39 is 109 Å². The summed E-state index contributed by atoms with van der Waals surface area (Å²) < 4.78 is 13.4. The number of carboxylic acids is 2. The summed E-state index contributed by atoms with van der Waals surface area (Å²) in [7, 11) is -0.610. The van der Waals surface area contributed by atoms with Crippen LogP contribution in [0.2, 0.25) is 0 Å². The van der Waals surface area contributed by atoms with Crippen molar-refractivity contribution < 1.29 is 53.1 Å². The Bertz CT molecular complexity index is 1550. The number of unbranched alkanes of at least 4 members (excludes halogenated alkanes) is 2. The van der Waals surface area contributed by atoms with Crippen LogP contribution in [0.3, 0.4) is 0 Å². The molecule has 3 saturated carbocycles. The van der Waals surface area contributed by atoms with Gasteiger partial charge in [-0.2, -0.15) is 0 Å². The molecule has 5 aliphatic rings. The zero-order valence-corrected chi connectivity index (χ0v) is 35.5. The predicted octanol–water partition coefficient (Wildman–Crippen LogP) is 1.74. The third kappa shape index (κ3) is 10.7. The normalized spacial score (nSPS) is 27.1. The number of carbonyl (C=O) groups is 7. The molecule has 2 aliphatic heterocycles. The third-order valence-corrected chi connectivity index (χ3v) is 13.1. The number of nitrogens with one attached hydrogen (secondary N) is 4. The molecule has 18 heteroatoms. The van der Waals surface area contributed by atoms with Crippen LogP contribution >= 0.6 is 0 Å². The summed E-state index contributed by atoms with van der Waals surface area (Å²) in [4.78, 5) is 92.2. The first-order chi connectivity index (χ1) is 27.1. The number of likely N-dealkylation sites (tertiary alicyclic amines) is 1. The lowest BCUT2D eigenvalue weighted by Crippen LogP contribution is -2.65. The first kappa shape index (κ1) is 46.9. The molecule has 5 fully saturated rings. The number of nitrogens with zero attached hydrogens (tertiary/aromatic N) is 1. The van der Waals surface area contributed by atoms with E-state index in [9.17, 15) is 38.7 Å². The lowest BCUT2D eigenvalue weighted by molar-refractivity contribution is -0.199. The fourth-order valence-electron chi connectivity index (χ4n) is 9.36. The van der Waals surface area contributed by atoms with Crippen LogP contribution in [0.4, 0.5) is 0 Å². The van der Waals surface area contributed by atoms with Crippen molar-refractivity contribution in [3.63, 3.8) is 0 Å². The molecule has 2 heterocycles. The maximum atomic E-state index is 14.3. The van der Waals surface area contributed by atoms with Crippen LogP contribution in [0.1, 0.15) is 126 Å². The number of carboxylic acid groups (broad SMARTS) is 2. The van der Waals surface area contributed by atoms with Gasteiger partial charge in [0, 0.05) is 13.0 Å². The Morgan fingerprint density at radius 1 is 0.845 bits per heavy atom. The number of hydrogen-bond donors (Lipinski definition) is 7. The van der Waals surface area contributed by atoms with Gasteiger partial charge in [-0.25, -0.2) is 0 Å². The van der Waals surface area contributed by atoms with Gasteiger partial charge in [-0.3, -0.25) is 33.6 Å². The highest BCUT2D eigenvalue weighted by atomic mass is 16.7. The number of amides is 5. The molecule has 0 aromatic carbocycles. The molecule has 3 aliphatic carbocycles. The molecule has 2 bridgehead atoms. The van der Waals surface area contributed by atoms with E-state index in [1.807, 2.05) is 0 Å². The van der Waals surface area contributed by atoms with E-state index in [0.717, 1.165) is 32.1 Å². The van der Waals surface area contributed by atoms with Gasteiger partial charge in [0.05, 0.1) is 30.1 Å². The van der Waals surface area contributed by atoms with Gasteiger partial charge in [-0.05, 0) is 74.5 Å². The summed E-state index contributed by atoms with van der Waals surface area (Å²) in [5, 5.41) is 29.1. The molecule has 2 saturated heterocycles. The number of carbonyl (C=O) groups excluding carboxylic acids is 5. The van der Waals surface area contributed by atoms with Crippen molar-refractivity contribution in [2.24, 2.45) is 34.8 Å². The second-order valence-corrected chi connectivity index (χ2v) is 18.3. The van der Waals surface area contributed by atoms with E-state index in [4.69, 9.17) is 20.1 Å². The molecule has 0 aromatic heterocycles. The molecule has 0 aromatic rings. The van der Waals surface area contributed by atoms with Gasteiger partial charge >= 0.3 is 19.1 Å². The van der Waals surface area contributed by atoms with E-state index in [1.54, 1.807) is 27.7 Å². The zero-order valence-electron chi connectivity index (χ0n) is 35.5. The van der Waals surface area contributed by atoms with Crippen molar-refractivity contribution >= 4 is 48.6 Å². The molecule has 10 atom stereocenters. The highest BCUT2D eigenvalue weighted by Crippen LogP contribution is 2.65. The quantitative estimate of drug-likeness (QED) is 0.0646. The van der Waals surface area contributed by atoms with E-state index >= 15 is 0 Å². The molecule has 326 valence electrons. The largest absolute Gasteiger partial charge is 0.481 e. The molecule has 0 spiro atoms. The van der Waals surface area contributed by atoms with Gasteiger partial charge in [-0.15, -0.1) is 0 Å². The van der Waals surface area contributed by atoms with Crippen molar-refractivity contribution in [3.05, 3.63) is 0 Å². The lowest BCUT2D eigenvalue weighted by atomic mass is 9.43. The molecule has 8 N–H and O–H groups in total. The molecule has 5 amide bonds. The van der Waals surface area contributed by atoms with Crippen LogP contribution in [0.5, 0.6) is 0 Å². The van der Waals surface area contributed by atoms with Crippen LogP contribution < -0.4 is 27.0 Å². The van der Waals surface area contributed by atoms with Gasteiger partial charge in [0.15, 0.2) is 0 Å². The summed E-state index contributed by atoms with van der Waals surface area (Å²) >= 11 is 0. The maximum absolute atomic E-state index is 14.3. The Hall–Kier alpha value is -3.77. The molecular formula is C40H67BN6O11. The Morgan fingerprint density at radius 3 is 2.09 bits per heavy atom. The fraction of sp³-hybridized carbons (Fsp3) is 0.825. The minimum absolute atomic E-state index is 0.0456. The minimum atomic E-state index is -1.50. The molecule has 0 unspecified atom stereocenters. The van der Waals surface area contributed by atoms with Crippen LogP contribution in [0.15, 0.2) is 0 Å². The van der Waals surface area contributed by atoms with Crippen LogP contribution in [-0.4, -0.2) is 118 Å². The summed E-state index contributed by atoms with van der Waals surface area (Å²) in [6.07, 6.45) is 4.94. The average Bonchev–Trinajstić information content (AvgIpc) is 3.77. The second-order valence-electron chi connectivity index (χ2n) is 18.3. The molecule has 58 heavy (non-hydrogen) atoms. The first-order valence-corrected chi connectivity index (χ1v) is 21.2. The van der Waals surface area contributed by atoms with Gasteiger partial charge in [0.1, 0.15) is 24.2 Å². The van der Waals surface area contributed by atoms with Gasteiger partial charge in [0.2, 0.25) is 29.5 Å². The van der Waals surface area contributed by atoms with Gasteiger partial charge < -0.3 is 51.4 Å². The summed E-state index contributed by atoms with van der Waals surface area (Å²) in [6, 6.07) is -6.00. The highest BCUT2D eigenvalue weighted by Gasteiger charge is 2.68. The first-order valence-electron chi connectivity index (χ1n) is 21.2. The number of nitrogens with two attached hydrogens (primary N) is 1. The Balaban J connectivity index is 1.45. The van der Waals surface area contributed by atoms with Crippen molar-refractivity contribution in [1.29, 1.82) is 0 Å². The Kier molecular flexibility index (Phi) is 15.8. The Labute approximate surface area is 342 Å². The summed E-state index contributed by atoms with van der Waals surface area (Å²) in [6.45, 7) is 16.0. The molecule has 17 nitrogen and oxygen atoms in total. The molecule has 5 rings (SSSR count). The third-order valence-electron chi connectivity index (χ3n) is 13.1. The molecular weight excluding hydrogens is 751 g/mol. The van der Waals surface area contributed by atoms with Crippen molar-refractivity contribution in [2.75, 3.05) is 6.54 Å². The van der Waals surface area contributed by atoms with Gasteiger partial charge in [-0.1, -0.05) is 67.7 Å². The smallest absolute Gasteiger partial charge is 0.481 e. The van der Waals surface area contributed by atoms with Gasteiger partial charge in [0.25, 0.3) is 0 Å². The standard InChI is InChI=1S/C40H67BN6O11/c1-9-10-11-14-29(41-57-28-19-23-18-27(39(23,6)7)40(28,8)58-41)44-36(54)26-13-12-17-47(26)38(56)33(22(4)5)46-37(55)32(21(2)3)45-35(53)25(15-16-30(48)49)43-34(52)24(42)20-31(50)51/h21-29,32-33H,9-20,42H2,1-8H3,(H,43,52)(H,44,54)(H,45,53)(H,46,55)(H,48,49)(H,50,51)/t23-,24-,25-,26+,27-,28+,29-,32-,33-,40-/m0/s1. The summed E-state index contributed by atoms with van der Waals surface area (Å²) in [5.41, 5.74) is 5.38. The summed E-state index contributed by atoms with van der Waals surface area (Å²) in [5.74, 6) is -6.27. The maximum Gasteiger partial charge on any atom is 0.481 e. The van der Waals surface area contributed by atoms with Crippen molar-refractivity contribution in [1.82, 2.24) is 26.2 Å². The minimum Gasteiger partial charge on any atom is -0.481 e. The monoisotopic (exact) mass is 818 g/mol. The SMILES string of the molecule is CCCCC[C@H](NC(=O)[C@H]1CCCN1C(=O)[C@@H](NC(=O)[C@@H](NC(=O)[C@H](CCC(=O)O)NC(=O)[C@@H](N)CC(=O)O)C(C)C)C(C)C)B1O[C@@H]2C[C@@H]3C[C@@H](C3(C)C)[C@]2(C)O1. The highest BCUT2D eigenvalue weighted by molar-refractivity contribution is 6.48. The Morgan fingerprint density at radius 2 is 1.50 bits per heavy atom. The topological polar surface area (TPSA) is 256 Å². The lowest BCUT2D eigenvalue weighted by Gasteiger charge is -2.64.